The van der Waals surface area contributed by atoms with E-state index in [4.69, 9.17) is 0 Å². The first-order chi connectivity index (χ1) is 8.95. The Hall–Kier alpha value is -1.62. The van der Waals surface area contributed by atoms with Gasteiger partial charge in [0.25, 0.3) is 0 Å². The highest BCUT2D eigenvalue weighted by Crippen LogP contribution is 2.29. The lowest BCUT2D eigenvalue weighted by Crippen LogP contribution is -2.04. The summed E-state index contributed by atoms with van der Waals surface area (Å²) in [7, 11) is 0. The minimum atomic E-state index is -4.30. The van der Waals surface area contributed by atoms with Gasteiger partial charge in [-0.2, -0.15) is 13.2 Å². The molecule has 0 aromatic heterocycles. The van der Waals surface area contributed by atoms with Crippen molar-refractivity contribution in [2.75, 3.05) is 0 Å². The number of hydrogen-bond acceptors (Lipinski definition) is 1. The fraction of sp³-hybridized carbons (Fsp3) is 0.0714. The molecule has 0 saturated heterocycles. The summed E-state index contributed by atoms with van der Waals surface area (Å²) in [6.07, 6.45) is -2.77. The van der Waals surface area contributed by atoms with Gasteiger partial charge in [-0.05, 0) is 42.0 Å². The van der Waals surface area contributed by atoms with Crippen molar-refractivity contribution < 1.29 is 13.2 Å². The maximum Gasteiger partial charge on any atom is 0.416 e. The van der Waals surface area contributed by atoms with Crippen molar-refractivity contribution in [3.05, 3.63) is 64.1 Å². The Bertz CT molecular complexity index is 571. The Labute approximate surface area is 116 Å². The number of alkyl halides is 3. The zero-order chi connectivity index (χ0) is 13.9. The first-order valence-corrected chi connectivity index (χ1v) is 6.21. The lowest BCUT2D eigenvalue weighted by Gasteiger charge is -2.05. The Morgan fingerprint density at radius 3 is 2.00 bits per heavy atom. The molecule has 0 N–H and O–H groups in total. The molecule has 0 aliphatic rings. The lowest BCUT2D eigenvalue weighted by atomic mass is 10.1. The summed E-state index contributed by atoms with van der Waals surface area (Å²) < 4.78 is 38.1. The molecule has 0 fully saturated rings. The van der Waals surface area contributed by atoms with Gasteiger partial charge in [0.2, 0.25) is 0 Å². The minimum Gasteiger partial charge on any atom is -0.256 e. The van der Waals surface area contributed by atoms with Crippen molar-refractivity contribution in [3.8, 4) is 0 Å². The van der Waals surface area contributed by atoms with Gasteiger partial charge in [0.1, 0.15) is 0 Å². The van der Waals surface area contributed by atoms with Crippen LogP contribution < -0.4 is 0 Å². The van der Waals surface area contributed by atoms with Crippen LogP contribution in [0.1, 0.15) is 11.1 Å². The quantitative estimate of drug-likeness (QED) is 0.671. The van der Waals surface area contributed by atoms with E-state index in [1.165, 1.54) is 18.3 Å². The van der Waals surface area contributed by atoms with Crippen LogP contribution in [0.5, 0.6) is 0 Å². The Morgan fingerprint density at radius 1 is 0.895 bits per heavy atom. The van der Waals surface area contributed by atoms with Gasteiger partial charge in [0.15, 0.2) is 0 Å². The highest BCUT2D eigenvalue weighted by atomic mass is 79.9. The van der Waals surface area contributed by atoms with Gasteiger partial charge in [-0.3, -0.25) is 4.99 Å². The first kappa shape index (κ1) is 13.8. The van der Waals surface area contributed by atoms with Gasteiger partial charge < -0.3 is 0 Å². The van der Waals surface area contributed by atoms with E-state index >= 15 is 0 Å². The van der Waals surface area contributed by atoms with E-state index in [0.717, 1.165) is 22.3 Å². The van der Waals surface area contributed by atoms with Crippen molar-refractivity contribution in [3.63, 3.8) is 0 Å². The molecule has 98 valence electrons. The van der Waals surface area contributed by atoms with E-state index in [-0.39, 0.29) is 0 Å². The van der Waals surface area contributed by atoms with Gasteiger partial charge in [-0.25, -0.2) is 0 Å². The molecule has 0 radical (unpaired) electrons. The minimum absolute atomic E-state index is 0.621. The molecule has 0 atom stereocenters. The summed E-state index contributed by atoms with van der Waals surface area (Å²) in [5.74, 6) is 0. The third-order valence-corrected chi connectivity index (χ3v) is 2.96. The molecule has 2 aromatic carbocycles. The Balaban J connectivity index is 2.13. The number of benzene rings is 2. The molecule has 0 aliphatic heterocycles. The topological polar surface area (TPSA) is 12.4 Å². The number of rotatable bonds is 2. The average Bonchev–Trinajstić information content (AvgIpc) is 2.37. The summed E-state index contributed by atoms with van der Waals surface area (Å²) in [5, 5.41) is 0. The van der Waals surface area contributed by atoms with Crippen molar-refractivity contribution in [1.29, 1.82) is 0 Å². The van der Waals surface area contributed by atoms with Gasteiger partial charge in [-0.15, -0.1) is 0 Å². The van der Waals surface area contributed by atoms with E-state index < -0.39 is 11.7 Å². The van der Waals surface area contributed by atoms with Gasteiger partial charge >= 0.3 is 6.18 Å². The fourth-order valence-corrected chi connectivity index (χ4v) is 1.70. The van der Waals surface area contributed by atoms with E-state index in [1.54, 1.807) is 0 Å². The molecule has 0 saturated carbocycles. The molecule has 0 heterocycles. The summed E-state index contributed by atoms with van der Waals surface area (Å²) in [5.41, 5.74) is 0.701. The highest BCUT2D eigenvalue weighted by Gasteiger charge is 2.29. The van der Waals surface area contributed by atoms with Crippen LogP contribution in [0.4, 0.5) is 18.9 Å². The summed E-state index contributed by atoms with van der Waals surface area (Å²) in [6, 6.07) is 12.2. The van der Waals surface area contributed by atoms with Crippen molar-refractivity contribution in [1.82, 2.24) is 0 Å². The summed E-state index contributed by atoms with van der Waals surface area (Å²) in [4.78, 5) is 4.18. The second-order valence-corrected chi connectivity index (χ2v) is 4.77. The Morgan fingerprint density at radius 2 is 1.47 bits per heavy atom. The molecule has 0 bridgehead atoms. The van der Waals surface area contributed by atoms with Crippen LogP contribution in [0, 0.1) is 0 Å². The van der Waals surface area contributed by atoms with Gasteiger partial charge in [0, 0.05) is 10.7 Å². The molecule has 0 unspecified atom stereocenters. The summed E-state index contributed by atoms with van der Waals surface area (Å²) in [6.45, 7) is 0. The number of halogens is 4. The second kappa shape index (κ2) is 5.57. The van der Waals surface area contributed by atoms with Gasteiger partial charge in [0.05, 0.1) is 11.3 Å². The van der Waals surface area contributed by atoms with E-state index in [2.05, 4.69) is 20.9 Å². The fourth-order valence-electron chi connectivity index (χ4n) is 1.43. The van der Waals surface area contributed by atoms with Crippen molar-refractivity contribution >= 4 is 27.8 Å². The second-order valence-electron chi connectivity index (χ2n) is 3.85. The monoisotopic (exact) mass is 327 g/mol. The molecule has 5 heteroatoms. The number of aliphatic imine (C=N–C) groups is 1. The van der Waals surface area contributed by atoms with Crippen molar-refractivity contribution in [2.24, 2.45) is 4.99 Å². The molecule has 0 spiro atoms. The van der Waals surface area contributed by atoms with Crippen LogP contribution in [0.2, 0.25) is 0 Å². The van der Waals surface area contributed by atoms with E-state index in [9.17, 15) is 13.2 Å². The van der Waals surface area contributed by atoms with Crippen molar-refractivity contribution in [2.45, 2.75) is 6.18 Å². The SMILES string of the molecule is FC(F)(F)c1ccc(C=Nc2ccc(Br)cc2)cc1. The lowest BCUT2D eigenvalue weighted by molar-refractivity contribution is -0.137. The standard InChI is InChI=1S/C14H9BrF3N/c15-12-5-7-13(8-6-12)19-9-10-1-3-11(4-2-10)14(16,17)18/h1-9H. The van der Waals surface area contributed by atoms with E-state index in [0.29, 0.717) is 5.56 Å². The van der Waals surface area contributed by atoms with E-state index in [1.807, 2.05) is 24.3 Å². The molecule has 2 rings (SSSR count). The summed E-state index contributed by atoms with van der Waals surface area (Å²) >= 11 is 3.31. The van der Waals surface area contributed by atoms with Crippen LogP contribution in [0.25, 0.3) is 0 Å². The molecular formula is C14H9BrF3N. The molecule has 0 aliphatic carbocycles. The van der Waals surface area contributed by atoms with Crippen LogP contribution in [-0.2, 0) is 6.18 Å². The van der Waals surface area contributed by atoms with Crippen LogP contribution in [0.15, 0.2) is 58.0 Å². The van der Waals surface area contributed by atoms with Crippen LogP contribution in [-0.4, -0.2) is 6.21 Å². The third-order valence-electron chi connectivity index (χ3n) is 2.43. The predicted molar refractivity (Wildman–Crippen MR) is 72.8 cm³/mol. The molecular weight excluding hydrogens is 319 g/mol. The first-order valence-electron chi connectivity index (χ1n) is 5.42. The predicted octanol–water partition coefficient (Wildman–Crippen LogP) is 5.22. The third kappa shape index (κ3) is 3.92. The molecule has 19 heavy (non-hydrogen) atoms. The smallest absolute Gasteiger partial charge is 0.256 e. The zero-order valence-electron chi connectivity index (χ0n) is 9.66. The zero-order valence-corrected chi connectivity index (χ0v) is 11.2. The Kier molecular flexibility index (Phi) is 4.04. The highest BCUT2D eigenvalue weighted by molar-refractivity contribution is 9.10. The van der Waals surface area contributed by atoms with Crippen LogP contribution >= 0.6 is 15.9 Å². The van der Waals surface area contributed by atoms with Crippen LogP contribution in [0.3, 0.4) is 0 Å². The van der Waals surface area contributed by atoms with Gasteiger partial charge in [-0.1, -0.05) is 28.1 Å². The molecule has 1 nitrogen and oxygen atoms in total. The molecule has 0 amide bonds. The average molecular weight is 328 g/mol. The maximum absolute atomic E-state index is 12.4. The molecule has 2 aromatic rings. The number of hydrogen-bond donors (Lipinski definition) is 0. The number of nitrogens with zero attached hydrogens (tertiary/aromatic N) is 1. The largest absolute Gasteiger partial charge is 0.416 e. The normalized spacial score (nSPS) is 12.0. The maximum atomic E-state index is 12.4.